The average Bonchev–Trinajstić information content (AvgIpc) is 2.27. The van der Waals surface area contributed by atoms with E-state index in [1.807, 2.05) is 0 Å². The molecule has 19 heavy (non-hydrogen) atoms. The van der Waals surface area contributed by atoms with Crippen molar-refractivity contribution in [3.05, 3.63) is 33.9 Å². The van der Waals surface area contributed by atoms with E-state index >= 15 is 0 Å². The number of sulfonamides is 1. The molecule has 1 atom stereocenters. The minimum atomic E-state index is -3.70. The molecule has 108 valence electrons. The molecule has 0 radical (unpaired) electrons. The summed E-state index contributed by atoms with van der Waals surface area (Å²) in [6.07, 6.45) is 0. The number of nitrogens with one attached hydrogen (secondary N) is 1. The van der Waals surface area contributed by atoms with Crippen LogP contribution < -0.4 is 10.5 Å². The van der Waals surface area contributed by atoms with Crippen molar-refractivity contribution in [2.45, 2.75) is 24.8 Å². The Labute approximate surface area is 117 Å². The van der Waals surface area contributed by atoms with Gasteiger partial charge in [0.25, 0.3) is 5.69 Å². The van der Waals surface area contributed by atoms with Crippen LogP contribution in [0.15, 0.2) is 23.1 Å². The summed E-state index contributed by atoms with van der Waals surface area (Å²) in [7, 11) is -3.70. The summed E-state index contributed by atoms with van der Waals surface area (Å²) in [5, 5.41) is 10.6. The van der Waals surface area contributed by atoms with Crippen molar-refractivity contribution in [3.8, 4) is 0 Å². The first kappa shape index (κ1) is 17.8. The lowest BCUT2D eigenvalue weighted by Crippen LogP contribution is -2.38. The van der Waals surface area contributed by atoms with Crippen molar-refractivity contribution in [2.75, 3.05) is 6.54 Å². The summed E-state index contributed by atoms with van der Waals surface area (Å²) in [4.78, 5) is 10.0. The smallest absolute Gasteiger partial charge is 0.269 e. The van der Waals surface area contributed by atoms with Crippen LogP contribution in [0, 0.1) is 17.0 Å². The highest BCUT2D eigenvalue weighted by Gasteiger charge is 2.20. The maximum absolute atomic E-state index is 12.0. The van der Waals surface area contributed by atoms with Gasteiger partial charge in [-0.1, -0.05) is 0 Å². The van der Waals surface area contributed by atoms with Crippen molar-refractivity contribution in [1.29, 1.82) is 0 Å². The second kappa shape index (κ2) is 6.80. The maximum atomic E-state index is 12.0. The monoisotopic (exact) mass is 309 g/mol. The van der Waals surface area contributed by atoms with E-state index in [4.69, 9.17) is 5.73 Å². The highest BCUT2D eigenvalue weighted by molar-refractivity contribution is 7.89. The average molecular weight is 310 g/mol. The Balaban J connectivity index is 0.00000324. The van der Waals surface area contributed by atoms with Crippen molar-refractivity contribution >= 4 is 28.1 Å². The summed E-state index contributed by atoms with van der Waals surface area (Å²) in [6.45, 7) is 3.32. The Morgan fingerprint density at radius 1 is 1.47 bits per heavy atom. The number of nitro groups is 1. The molecule has 1 aromatic carbocycles. The van der Waals surface area contributed by atoms with Crippen LogP contribution in [0.4, 0.5) is 5.69 Å². The molecular formula is C10H16ClN3O4S. The first-order valence-electron chi connectivity index (χ1n) is 5.25. The SMILES string of the molecule is Cc1cc([N+](=O)[O-])ccc1S(=O)(=O)N[C@@H](C)CN.Cl. The van der Waals surface area contributed by atoms with Crippen molar-refractivity contribution < 1.29 is 13.3 Å². The van der Waals surface area contributed by atoms with E-state index in [0.29, 0.717) is 5.56 Å². The summed E-state index contributed by atoms with van der Waals surface area (Å²) in [5.41, 5.74) is 5.52. The van der Waals surface area contributed by atoms with Crippen molar-refractivity contribution in [1.82, 2.24) is 4.72 Å². The third-order valence-electron chi connectivity index (χ3n) is 2.37. The molecule has 1 aromatic rings. The number of hydrogen-bond donors (Lipinski definition) is 2. The molecule has 0 heterocycles. The van der Waals surface area contributed by atoms with Gasteiger partial charge in [-0.05, 0) is 25.5 Å². The van der Waals surface area contributed by atoms with Gasteiger partial charge < -0.3 is 5.73 Å². The number of benzene rings is 1. The Morgan fingerprint density at radius 3 is 2.47 bits per heavy atom. The number of nitrogens with two attached hydrogens (primary N) is 1. The second-order valence-electron chi connectivity index (χ2n) is 3.96. The van der Waals surface area contributed by atoms with E-state index in [0.717, 1.165) is 6.07 Å². The molecule has 0 saturated carbocycles. The number of non-ortho nitro benzene ring substituents is 1. The molecule has 0 fully saturated rings. The molecule has 0 saturated heterocycles. The van der Waals surface area contributed by atoms with E-state index in [-0.39, 0.29) is 29.5 Å². The Morgan fingerprint density at radius 2 is 2.05 bits per heavy atom. The first-order chi connectivity index (χ1) is 8.27. The zero-order valence-corrected chi connectivity index (χ0v) is 12.1. The van der Waals surface area contributed by atoms with E-state index in [1.165, 1.54) is 19.1 Å². The van der Waals surface area contributed by atoms with Gasteiger partial charge in [0.2, 0.25) is 10.0 Å². The number of aryl methyl sites for hydroxylation is 1. The van der Waals surface area contributed by atoms with E-state index < -0.39 is 21.0 Å². The quantitative estimate of drug-likeness (QED) is 0.620. The van der Waals surface area contributed by atoms with Crippen LogP contribution in [-0.4, -0.2) is 25.9 Å². The van der Waals surface area contributed by atoms with Crippen LogP contribution in [0.3, 0.4) is 0 Å². The minimum absolute atomic E-state index is 0. The van der Waals surface area contributed by atoms with Gasteiger partial charge in [0.1, 0.15) is 0 Å². The zero-order valence-electron chi connectivity index (χ0n) is 10.5. The number of hydrogen-bond acceptors (Lipinski definition) is 5. The second-order valence-corrected chi connectivity index (χ2v) is 5.65. The van der Waals surface area contributed by atoms with Crippen molar-refractivity contribution in [2.24, 2.45) is 5.73 Å². The van der Waals surface area contributed by atoms with E-state index in [1.54, 1.807) is 6.92 Å². The molecule has 0 spiro atoms. The summed E-state index contributed by atoms with van der Waals surface area (Å²) < 4.78 is 26.3. The molecule has 3 N–H and O–H groups in total. The molecule has 0 aliphatic heterocycles. The number of halogens is 1. The largest absolute Gasteiger partial charge is 0.329 e. The normalized spacial score (nSPS) is 12.6. The third-order valence-corrected chi connectivity index (χ3v) is 4.12. The van der Waals surface area contributed by atoms with Gasteiger partial charge in [-0.2, -0.15) is 0 Å². The number of nitro benzene ring substituents is 1. The van der Waals surface area contributed by atoms with E-state index in [2.05, 4.69) is 4.72 Å². The maximum Gasteiger partial charge on any atom is 0.269 e. The fourth-order valence-corrected chi connectivity index (χ4v) is 2.91. The van der Waals surface area contributed by atoms with Crippen LogP contribution in [0.1, 0.15) is 12.5 Å². The van der Waals surface area contributed by atoms with Crippen LogP contribution in [0.25, 0.3) is 0 Å². The predicted octanol–water partition coefficient (Wildman–Crippen LogP) is 0.951. The molecule has 0 unspecified atom stereocenters. The Bertz CT molecular complexity index is 562. The molecule has 9 heteroatoms. The van der Waals surface area contributed by atoms with Gasteiger partial charge in [0.15, 0.2) is 0 Å². The summed E-state index contributed by atoms with van der Waals surface area (Å²) in [6, 6.07) is 3.21. The van der Waals surface area contributed by atoms with Crippen LogP contribution in [-0.2, 0) is 10.0 Å². The predicted molar refractivity (Wildman–Crippen MR) is 73.9 cm³/mol. The highest BCUT2D eigenvalue weighted by Crippen LogP contribution is 2.21. The van der Waals surface area contributed by atoms with Crippen LogP contribution in [0.5, 0.6) is 0 Å². The lowest BCUT2D eigenvalue weighted by Gasteiger charge is -2.13. The Kier molecular flexibility index (Phi) is 6.37. The third kappa shape index (κ3) is 4.43. The number of nitrogens with zero attached hydrogens (tertiary/aromatic N) is 1. The zero-order chi connectivity index (χ0) is 13.9. The van der Waals surface area contributed by atoms with Gasteiger partial charge in [-0.25, -0.2) is 13.1 Å². The van der Waals surface area contributed by atoms with Gasteiger partial charge >= 0.3 is 0 Å². The molecule has 0 aromatic heterocycles. The van der Waals surface area contributed by atoms with Gasteiger partial charge in [0, 0.05) is 24.7 Å². The lowest BCUT2D eigenvalue weighted by atomic mass is 10.2. The minimum Gasteiger partial charge on any atom is -0.329 e. The topological polar surface area (TPSA) is 115 Å². The molecule has 0 bridgehead atoms. The van der Waals surface area contributed by atoms with Gasteiger partial charge in [-0.15, -0.1) is 12.4 Å². The van der Waals surface area contributed by atoms with Gasteiger partial charge in [-0.3, -0.25) is 10.1 Å². The van der Waals surface area contributed by atoms with E-state index in [9.17, 15) is 18.5 Å². The molecule has 7 nitrogen and oxygen atoms in total. The fourth-order valence-electron chi connectivity index (χ4n) is 1.43. The lowest BCUT2D eigenvalue weighted by molar-refractivity contribution is -0.385. The summed E-state index contributed by atoms with van der Waals surface area (Å²) in [5.74, 6) is 0. The molecule has 1 rings (SSSR count). The van der Waals surface area contributed by atoms with Crippen LogP contribution >= 0.6 is 12.4 Å². The fraction of sp³-hybridized carbons (Fsp3) is 0.400. The standard InChI is InChI=1S/C10H15N3O4S.ClH/c1-7-5-9(13(14)15)3-4-10(7)18(16,17)12-8(2)6-11;/h3-5,8,12H,6,11H2,1-2H3;1H/t8-;/m0./s1. The van der Waals surface area contributed by atoms with Gasteiger partial charge in [0.05, 0.1) is 9.82 Å². The molecule has 0 aliphatic rings. The van der Waals surface area contributed by atoms with Crippen molar-refractivity contribution in [3.63, 3.8) is 0 Å². The molecule has 0 aliphatic carbocycles. The Hall–Kier alpha value is -1.22. The molecular weight excluding hydrogens is 294 g/mol. The summed E-state index contributed by atoms with van der Waals surface area (Å²) >= 11 is 0. The van der Waals surface area contributed by atoms with Crippen LogP contribution in [0.2, 0.25) is 0 Å². The first-order valence-corrected chi connectivity index (χ1v) is 6.73. The number of rotatable bonds is 5. The highest BCUT2D eigenvalue weighted by atomic mass is 35.5. The molecule has 0 amide bonds.